The second-order valence-electron chi connectivity index (χ2n) is 1.15. The van der Waals surface area contributed by atoms with E-state index in [4.69, 9.17) is 0 Å². The van der Waals surface area contributed by atoms with Gasteiger partial charge in [0.2, 0.25) is 0 Å². The molecule has 1 rings (SSSR count). The van der Waals surface area contributed by atoms with Crippen LogP contribution in [0.4, 0.5) is 0 Å². The van der Waals surface area contributed by atoms with Crippen molar-refractivity contribution in [2.75, 3.05) is 0 Å². The van der Waals surface area contributed by atoms with E-state index in [-0.39, 0.29) is 37.7 Å². The summed E-state index contributed by atoms with van der Waals surface area (Å²) in [5.74, 6) is 0. The third-order valence-corrected chi connectivity index (χ3v) is 0.667. The average molecular weight is 92.0 g/mol. The average Bonchev–Trinajstić information content (AvgIpc) is 1.72. The minimum Gasteiger partial charge on any atom is -0.0623 e. The maximum absolute atomic E-state index is 2.00. The molecule has 0 aliphatic carbocycles. The number of hydrogen-bond donors (Lipinski definition) is 0. The Morgan fingerprint density at radius 3 is 0.625 bits per heavy atom. The number of rotatable bonds is 0. The van der Waals surface area contributed by atoms with Crippen molar-refractivity contribution in [3.8, 4) is 0 Å². The molecular formula is C6H6Li2+2. The van der Waals surface area contributed by atoms with Crippen molar-refractivity contribution >= 4 is 0 Å². The van der Waals surface area contributed by atoms with Gasteiger partial charge < -0.3 is 0 Å². The zero-order valence-corrected chi connectivity index (χ0v) is 5.46. The molecule has 0 radical (unpaired) electrons. The van der Waals surface area contributed by atoms with Gasteiger partial charge in [-0.1, -0.05) is 36.4 Å². The summed E-state index contributed by atoms with van der Waals surface area (Å²) in [6.07, 6.45) is 0. The Morgan fingerprint density at radius 1 is 0.375 bits per heavy atom. The van der Waals surface area contributed by atoms with Gasteiger partial charge in [0.15, 0.2) is 0 Å². The van der Waals surface area contributed by atoms with Crippen molar-refractivity contribution in [3.05, 3.63) is 36.4 Å². The molecule has 0 fully saturated rings. The molecule has 2 heteroatoms. The van der Waals surface area contributed by atoms with E-state index in [1.165, 1.54) is 0 Å². The van der Waals surface area contributed by atoms with Gasteiger partial charge in [0.05, 0.1) is 0 Å². The van der Waals surface area contributed by atoms with Crippen LogP contribution in [0.1, 0.15) is 0 Å². The molecule has 1 aromatic carbocycles. The molecule has 1 aromatic rings. The van der Waals surface area contributed by atoms with Crippen LogP contribution in [-0.4, -0.2) is 0 Å². The molecule has 0 atom stereocenters. The first-order valence-corrected chi connectivity index (χ1v) is 2.00. The van der Waals surface area contributed by atoms with Crippen LogP contribution in [0.3, 0.4) is 0 Å². The fourth-order valence-corrected chi connectivity index (χ4v) is 0.385. The smallest absolute Gasteiger partial charge is 0.0623 e. The van der Waals surface area contributed by atoms with Crippen molar-refractivity contribution < 1.29 is 37.7 Å². The quantitative estimate of drug-likeness (QED) is 0.284. The summed E-state index contributed by atoms with van der Waals surface area (Å²) in [6, 6.07) is 12.0. The van der Waals surface area contributed by atoms with Gasteiger partial charge in [-0.3, -0.25) is 0 Å². The third kappa shape index (κ3) is 4.57. The predicted octanol–water partition coefficient (Wildman–Crippen LogP) is -4.31. The maximum atomic E-state index is 2.00. The summed E-state index contributed by atoms with van der Waals surface area (Å²) in [5.41, 5.74) is 0. The zero-order valence-electron chi connectivity index (χ0n) is 5.46. The summed E-state index contributed by atoms with van der Waals surface area (Å²) >= 11 is 0. The first-order chi connectivity index (χ1) is 3.00. The van der Waals surface area contributed by atoms with E-state index in [1.807, 2.05) is 36.4 Å². The van der Waals surface area contributed by atoms with Crippen molar-refractivity contribution in [1.29, 1.82) is 0 Å². The Hall–Kier alpha value is 0.415. The Labute approximate surface area is 74.0 Å². The molecular weight excluding hydrogens is 85.9 g/mol. The summed E-state index contributed by atoms with van der Waals surface area (Å²) in [7, 11) is 0. The van der Waals surface area contributed by atoms with Gasteiger partial charge in [-0.05, 0) is 0 Å². The molecule has 0 nitrogen and oxygen atoms in total. The minimum atomic E-state index is 0. The van der Waals surface area contributed by atoms with Crippen molar-refractivity contribution in [3.63, 3.8) is 0 Å². The first-order valence-electron chi connectivity index (χ1n) is 2.00. The molecule has 0 spiro atoms. The van der Waals surface area contributed by atoms with E-state index in [0.29, 0.717) is 0 Å². The normalized spacial score (nSPS) is 6.00. The van der Waals surface area contributed by atoms with Crippen LogP contribution in [0.25, 0.3) is 0 Å². The molecule has 0 aliphatic heterocycles. The minimum absolute atomic E-state index is 0. The fourth-order valence-electron chi connectivity index (χ4n) is 0.385. The summed E-state index contributed by atoms with van der Waals surface area (Å²) in [5, 5.41) is 0. The van der Waals surface area contributed by atoms with E-state index in [1.54, 1.807) is 0 Å². The molecule has 8 heavy (non-hydrogen) atoms. The summed E-state index contributed by atoms with van der Waals surface area (Å²) in [6.45, 7) is 0. The van der Waals surface area contributed by atoms with Gasteiger partial charge in [-0.25, -0.2) is 0 Å². The van der Waals surface area contributed by atoms with Crippen LogP contribution < -0.4 is 37.7 Å². The van der Waals surface area contributed by atoms with Crippen LogP contribution in [-0.2, 0) is 0 Å². The molecule has 30 valence electrons. The third-order valence-electron chi connectivity index (χ3n) is 0.667. The summed E-state index contributed by atoms with van der Waals surface area (Å²) < 4.78 is 0. The van der Waals surface area contributed by atoms with Crippen LogP contribution in [0.2, 0.25) is 0 Å². The van der Waals surface area contributed by atoms with Gasteiger partial charge in [-0.2, -0.15) is 0 Å². The number of hydrogen-bond acceptors (Lipinski definition) is 0. The van der Waals surface area contributed by atoms with E-state index in [0.717, 1.165) is 0 Å². The van der Waals surface area contributed by atoms with E-state index in [9.17, 15) is 0 Å². The SMILES string of the molecule is [Li+].[Li+].c1ccccc1. The van der Waals surface area contributed by atoms with Crippen molar-refractivity contribution in [2.45, 2.75) is 0 Å². The fraction of sp³-hybridized carbons (Fsp3) is 0. The van der Waals surface area contributed by atoms with Crippen LogP contribution in [0.15, 0.2) is 36.4 Å². The molecule has 0 unspecified atom stereocenters. The topological polar surface area (TPSA) is 0 Å². The monoisotopic (exact) mass is 92.1 g/mol. The molecule has 0 heterocycles. The Bertz CT molecular complexity index is 78.5. The van der Waals surface area contributed by atoms with Crippen LogP contribution in [0.5, 0.6) is 0 Å². The van der Waals surface area contributed by atoms with Crippen LogP contribution >= 0.6 is 0 Å². The van der Waals surface area contributed by atoms with Gasteiger partial charge in [-0.15, -0.1) is 0 Å². The molecule has 0 saturated heterocycles. The Morgan fingerprint density at radius 2 is 0.500 bits per heavy atom. The second-order valence-corrected chi connectivity index (χ2v) is 1.15. The van der Waals surface area contributed by atoms with Gasteiger partial charge >= 0.3 is 37.7 Å². The van der Waals surface area contributed by atoms with Gasteiger partial charge in [0, 0.05) is 0 Å². The zero-order chi connectivity index (χ0) is 4.24. The maximum Gasteiger partial charge on any atom is 1.00 e. The second kappa shape index (κ2) is 7.41. The van der Waals surface area contributed by atoms with E-state index >= 15 is 0 Å². The molecule has 0 N–H and O–H groups in total. The van der Waals surface area contributed by atoms with Gasteiger partial charge in [0.25, 0.3) is 0 Å². The Balaban J connectivity index is 0. The Kier molecular flexibility index (Phi) is 10.4. The van der Waals surface area contributed by atoms with E-state index < -0.39 is 0 Å². The molecule has 0 aromatic heterocycles. The standard InChI is InChI=1S/C6H6.2Li/c1-2-4-6-5-3-1;;/h1-6H;;/q;2*+1. The largest absolute Gasteiger partial charge is 1.00 e. The van der Waals surface area contributed by atoms with Crippen molar-refractivity contribution in [1.82, 2.24) is 0 Å². The van der Waals surface area contributed by atoms with Crippen LogP contribution in [0, 0.1) is 0 Å². The van der Waals surface area contributed by atoms with E-state index in [2.05, 4.69) is 0 Å². The molecule has 0 saturated carbocycles. The predicted molar refractivity (Wildman–Crippen MR) is 26.4 cm³/mol. The molecule has 0 bridgehead atoms. The van der Waals surface area contributed by atoms with Crippen molar-refractivity contribution in [2.24, 2.45) is 0 Å². The summed E-state index contributed by atoms with van der Waals surface area (Å²) in [4.78, 5) is 0. The number of benzene rings is 1. The first kappa shape index (κ1) is 11.2. The molecule has 0 aliphatic rings. The van der Waals surface area contributed by atoms with Gasteiger partial charge in [0.1, 0.15) is 0 Å². The molecule has 0 amide bonds.